The van der Waals surface area contributed by atoms with Crippen molar-refractivity contribution in [3.63, 3.8) is 0 Å². The fourth-order valence-electron chi connectivity index (χ4n) is 1.72. The number of nitrogens with two attached hydrogens (primary N) is 1. The molecule has 1 rings (SSSR count). The summed E-state index contributed by atoms with van der Waals surface area (Å²) in [5.41, 5.74) is 8.90. The summed E-state index contributed by atoms with van der Waals surface area (Å²) in [5, 5.41) is 2.78. The van der Waals surface area contributed by atoms with Crippen LogP contribution in [-0.2, 0) is 11.3 Å². The minimum Gasteiger partial charge on any atom is -0.399 e. The maximum absolute atomic E-state index is 11.4. The van der Waals surface area contributed by atoms with E-state index >= 15 is 0 Å². The minimum absolute atomic E-state index is 0.0524. The Hall–Kier alpha value is -1.55. The summed E-state index contributed by atoms with van der Waals surface area (Å²) in [6.45, 7) is 5.73. The first kappa shape index (κ1) is 13.5. The Kier molecular flexibility index (Phi) is 4.97. The Morgan fingerprint density at radius 3 is 2.82 bits per heavy atom. The van der Waals surface area contributed by atoms with E-state index in [9.17, 15) is 4.79 Å². The summed E-state index contributed by atoms with van der Waals surface area (Å²) >= 11 is 0. The number of nitrogens with one attached hydrogen (secondary N) is 1. The first-order chi connectivity index (χ1) is 8.04. The van der Waals surface area contributed by atoms with Crippen LogP contribution in [0.15, 0.2) is 18.2 Å². The van der Waals surface area contributed by atoms with Gasteiger partial charge < -0.3 is 11.1 Å². The number of carbonyl (C=O) groups is 1. The summed E-state index contributed by atoms with van der Waals surface area (Å²) < 4.78 is 0. The molecule has 0 unspecified atom stereocenters. The molecule has 0 heterocycles. The highest BCUT2D eigenvalue weighted by Gasteiger charge is 2.08. The molecule has 1 amide bonds. The number of hydrogen-bond acceptors (Lipinski definition) is 3. The van der Waals surface area contributed by atoms with Gasteiger partial charge in [0.2, 0.25) is 5.91 Å². The van der Waals surface area contributed by atoms with Crippen molar-refractivity contribution in [3.8, 4) is 0 Å². The predicted octanol–water partition coefficient (Wildman–Crippen LogP) is 1.15. The third-order valence-electron chi connectivity index (χ3n) is 2.72. The quantitative estimate of drug-likeness (QED) is 0.753. The van der Waals surface area contributed by atoms with Crippen LogP contribution < -0.4 is 11.1 Å². The largest absolute Gasteiger partial charge is 0.399 e. The van der Waals surface area contributed by atoms with Crippen LogP contribution in [0.2, 0.25) is 0 Å². The molecule has 4 nitrogen and oxygen atoms in total. The first-order valence-corrected chi connectivity index (χ1v) is 5.83. The van der Waals surface area contributed by atoms with E-state index in [1.165, 1.54) is 0 Å². The lowest BCUT2D eigenvalue weighted by atomic mass is 10.1. The van der Waals surface area contributed by atoms with Crippen molar-refractivity contribution < 1.29 is 4.79 Å². The molecule has 94 valence electrons. The molecule has 3 N–H and O–H groups in total. The van der Waals surface area contributed by atoms with E-state index in [1.54, 1.807) is 0 Å². The average molecular weight is 235 g/mol. The predicted molar refractivity (Wildman–Crippen MR) is 70.6 cm³/mol. The van der Waals surface area contributed by atoms with Gasteiger partial charge in [-0.15, -0.1) is 0 Å². The fraction of sp³-hybridized carbons (Fsp3) is 0.462. The Bertz CT molecular complexity index is 390. The van der Waals surface area contributed by atoms with E-state index in [0.717, 1.165) is 23.4 Å². The number of hydrogen-bond donors (Lipinski definition) is 2. The second-order valence-electron chi connectivity index (χ2n) is 4.26. The van der Waals surface area contributed by atoms with Gasteiger partial charge in [-0.25, -0.2) is 0 Å². The molecular weight excluding hydrogens is 214 g/mol. The summed E-state index contributed by atoms with van der Waals surface area (Å²) in [7, 11) is 1.93. The summed E-state index contributed by atoms with van der Waals surface area (Å²) in [6, 6.07) is 5.88. The molecule has 0 aromatic heterocycles. The highest BCUT2D eigenvalue weighted by molar-refractivity contribution is 5.77. The molecule has 0 bridgehead atoms. The zero-order chi connectivity index (χ0) is 12.8. The van der Waals surface area contributed by atoms with Gasteiger partial charge in [0.1, 0.15) is 0 Å². The van der Waals surface area contributed by atoms with Gasteiger partial charge in [-0.05, 0) is 38.1 Å². The monoisotopic (exact) mass is 235 g/mol. The molecule has 0 radical (unpaired) electrons. The standard InChI is InChI=1S/C13H21N3O/c1-4-15-13(17)9-16(3)8-11-6-5-7-12(14)10(11)2/h5-7H,4,8-9,14H2,1-3H3,(H,15,17). The molecule has 0 saturated carbocycles. The SMILES string of the molecule is CCNC(=O)CN(C)Cc1cccc(N)c1C. The lowest BCUT2D eigenvalue weighted by molar-refractivity contribution is -0.121. The van der Waals surface area contributed by atoms with Crippen LogP contribution in [0.3, 0.4) is 0 Å². The number of rotatable bonds is 5. The number of anilines is 1. The van der Waals surface area contributed by atoms with Crippen LogP contribution in [0.1, 0.15) is 18.1 Å². The van der Waals surface area contributed by atoms with Gasteiger partial charge in [0.05, 0.1) is 6.54 Å². The maximum Gasteiger partial charge on any atom is 0.234 e. The van der Waals surface area contributed by atoms with Crippen LogP contribution in [0.25, 0.3) is 0 Å². The lowest BCUT2D eigenvalue weighted by Crippen LogP contribution is -2.34. The molecule has 0 aliphatic carbocycles. The Morgan fingerprint density at radius 1 is 1.47 bits per heavy atom. The molecule has 0 aliphatic rings. The number of carbonyl (C=O) groups excluding carboxylic acids is 1. The molecule has 0 atom stereocenters. The van der Waals surface area contributed by atoms with Gasteiger partial charge in [0.15, 0.2) is 0 Å². The molecule has 1 aromatic rings. The topological polar surface area (TPSA) is 58.4 Å². The van der Waals surface area contributed by atoms with Crippen LogP contribution in [0, 0.1) is 6.92 Å². The van der Waals surface area contributed by atoms with Crippen LogP contribution in [0.4, 0.5) is 5.69 Å². The van der Waals surface area contributed by atoms with Crippen molar-refractivity contribution in [1.29, 1.82) is 0 Å². The third-order valence-corrected chi connectivity index (χ3v) is 2.72. The van der Waals surface area contributed by atoms with Crippen molar-refractivity contribution in [2.24, 2.45) is 0 Å². The second kappa shape index (κ2) is 6.25. The Morgan fingerprint density at radius 2 is 2.18 bits per heavy atom. The van der Waals surface area contributed by atoms with Crippen LogP contribution >= 0.6 is 0 Å². The van der Waals surface area contributed by atoms with E-state index in [-0.39, 0.29) is 5.91 Å². The first-order valence-electron chi connectivity index (χ1n) is 5.83. The number of likely N-dealkylation sites (N-methyl/N-ethyl adjacent to an activating group) is 2. The van der Waals surface area contributed by atoms with Crippen molar-refractivity contribution >= 4 is 11.6 Å². The van der Waals surface area contributed by atoms with Crippen LogP contribution in [0.5, 0.6) is 0 Å². The molecule has 0 saturated heterocycles. The van der Waals surface area contributed by atoms with E-state index in [2.05, 4.69) is 5.32 Å². The third kappa shape index (κ3) is 4.07. The van der Waals surface area contributed by atoms with Crippen molar-refractivity contribution in [1.82, 2.24) is 10.2 Å². The van der Waals surface area contributed by atoms with Crippen molar-refractivity contribution in [2.45, 2.75) is 20.4 Å². The van der Waals surface area contributed by atoms with Gasteiger partial charge in [0, 0.05) is 18.8 Å². The normalized spacial score (nSPS) is 10.6. The molecule has 0 spiro atoms. The number of nitrogen functional groups attached to an aromatic ring is 1. The summed E-state index contributed by atoms with van der Waals surface area (Å²) in [5.74, 6) is 0.0524. The van der Waals surface area contributed by atoms with Gasteiger partial charge in [0.25, 0.3) is 0 Å². The zero-order valence-electron chi connectivity index (χ0n) is 10.8. The maximum atomic E-state index is 11.4. The van der Waals surface area contributed by atoms with Gasteiger partial charge >= 0.3 is 0 Å². The Balaban J connectivity index is 2.59. The highest BCUT2D eigenvalue weighted by atomic mass is 16.1. The fourth-order valence-corrected chi connectivity index (χ4v) is 1.72. The number of amides is 1. The molecule has 1 aromatic carbocycles. The molecule has 4 heteroatoms. The van der Waals surface area contributed by atoms with Crippen molar-refractivity contribution in [2.75, 3.05) is 25.9 Å². The second-order valence-corrected chi connectivity index (χ2v) is 4.26. The number of nitrogens with zero attached hydrogens (tertiary/aromatic N) is 1. The molecule has 0 aliphatic heterocycles. The summed E-state index contributed by atoms with van der Waals surface area (Å²) in [4.78, 5) is 13.4. The number of benzene rings is 1. The minimum atomic E-state index is 0.0524. The Labute approximate surface area is 103 Å². The zero-order valence-corrected chi connectivity index (χ0v) is 10.8. The molecule has 17 heavy (non-hydrogen) atoms. The molecular formula is C13H21N3O. The van der Waals surface area contributed by atoms with Gasteiger partial charge in [-0.1, -0.05) is 12.1 Å². The lowest BCUT2D eigenvalue weighted by Gasteiger charge is -2.18. The van der Waals surface area contributed by atoms with E-state index < -0.39 is 0 Å². The van der Waals surface area contributed by atoms with Crippen LogP contribution in [-0.4, -0.2) is 30.9 Å². The highest BCUT2D eigenvalue weighted by Crippen LogP contribution is 2.16. The summed E-state index contributed by atoms with van der Waals surface area (Å²) in [6.07, 6.45) is 0. The smallest absolute Gasteiger partial charge is 0.234 e. The van der Waals surface area contributed by atoms with E-state index in [4.69, 9.17) is 5.73 Å². The molecule has 0 fully saturated rings. The van der Waals surface area contributed by atoms with Gasteiger partial charge in [-0.3, -0.25) is 9.69 Å². The van der Waals surface area contributed by atoms with E-state index in [1.807, 2.05) is 44.0 Å². The average Bonchev–Trinajstić information content (AvgIpc) is 2.25. The van der Waals surface area contributed by atoms with E-state index in [0.29, 0.717) is 13.1 Å². The van der Waals surface area contributed by atoms with Crippen molar-refractivity contribution in [3.05, 3.63) is 29.3 Å². The van der Waals surface area contributed by atoms with Gasteiger partial charge in [-0.2, -0.15) is 0 Å².